The molecular formula is C24H25ClN2O3S. The van der Waals surface area contributed by atoms with E-state index in [9.17, 15) is 13.2 Å². The van der Waals surface area contributed by atoms with Crippen molar-refractivity contribution < 1.29 is 13.2 Å². The molecule has 7 heteroatoms. The molecule has 0 aliphatic carbocycles. The Labute approximate surface area is 188 Å². The molecule has 0 aliphatic rings. The number of carbonyl (C=O) groups is 1. The van der Waals surface area contributed by atoms with Crippen molar-refractivity contribution in [3.05, 3.63) is 95.0 Å². The maximum atomic E-state index is 13.3. The van der Waals surface area contributed by atoms with Crippen molar-refractivity contribution in [1.82, 2.24) is 5.32 Å². The molecule has 5 nitrogen and oxygen atoms in total. The van der Waals surface area contributed by atoms with Crippen LogP contribution < -0.4 is 9.62 Å². The van der Waals surface area contributed by atoms with Crippen LogP contribution in [0.25, 0.3) is 0 Å². The molecule has 162 valence electrons. The summed E-state index contributed by atoms with van der Waals surface area (Å²) in [6, 6.07) is 22.2. The van der Waals surface area contributed by atoms with Gasteiger partial charge in [0.1, 0.15) is 6.54 Å². The zero-order valence-corrected chi connectivity index (χ0v) is 19.0. The number of hydrogen-bond acceptors (Lipinski definition) is 3. The average Bonchev–Trinajstić information content (AvgIpc) is 2.78. The number of para-hydroxylation sites is 1. The lowest BCUT2D eigenvalue weighted by Crippen LogP contribution is -2.41. The van der Waals surface area contributed by atoms with Crippen LogP contribution in [0.5, 0.6) is 0 Å². The molecular weight excluding hydrogens is 432 g/mol. The van der Waals surface area contributed by atoms with Gasteiger partial charge in [0.05, 0.1) is 16.6 Å². The average molecular weight is 457 g/mol. The molecule has 0 saturated carbocycles. The number of carbonyl (C=O) groups excluding carboxylic acids is 1. The van der Waals surface area contributed by atoms with E-state index in [1.165, 1.54) is 29.8 Å². The summed E-state index contributed by atoms with van der Waals surface area (Å²) in [5, 5.41) is 3.34. The first-order chi connectivity index (χ1) is 14.8. The highest BCUT2D eigenvalue weighted by atomic mass is 35.5. The van der Waals surface area contributed by atoms with Gasteiger partial charge >= 0.3 is 0 Å². The maximum Gasteiger partial charge on any atom is 0.264 e. The molecule has 0 aliphatic heterocycles. The fraction of sp³-hybridized carbons (Fsp3) is 0.208. The predicted octanol–water partition coefficient (Wildman–Crippen LogP) is 4.98. The minimum atomic E-state index is -3.96. The summed E-state index contributed by atoms with van der Waals surface area (Å²) < 4.78 is 27.7. The lowest BCUT2D eigenvalue weighted by Gasteiger charge is -2.25. The highest BCUT2D eigenvalue weighted by molar-refractivity contribution is 7.92. The van der Waals surface area contributed by atoms with Gasteiger partial charge in [-0.25, -0.2) is 8.42 Å². The quantitative estimate of drug-likeness (QED) is 0.520. The van der Waals surface area contributed by atoms with Crippen LogP contribution in [-0.2, 0) is 21.2 Å². The lowest BCUT2D eigenvalue weighted by molar-refractivity contribution is -0.120. The Bertz CT molecular complexity index is 1120. The molecule has 0 saturated heterocycles. The van der Waals surface area contributed by atoms with E-state index in [-0.39, 0.29) is 17.5 Å². The second kappa shape index (κ2) is 9.98. The van der Waals surface area contributed by atoms with E-state index in [1.54, 1.807) is 30.3 Å². The largest absolute Gasteiger partial charge is 0.348 e. The van der Waals surface area contributed by atoms with Gasteiger partial charge in [0.15, 0.2) is 0 Å². The summed E-state index contributed by atoms with van der Waals surface area (Å²) in [5.41, 5.74) is 2.58. The molecule has 3 rings (SSSR count). The van der Waals surface area contributed by atoms with Crippen LogP contribution in [0, 0.1) is 0 Å². The number of nitrogens with zero attached hydrogens (tertiary/aromatic N) is 1. The number of amides is 1. The summed E-state index contributed by atoms with van der Waals surface area (Å²) in [5.74, 6) is -0.395. The van der Waals surface area contributed by atoms with E-state index in [1.807, 2.05) is 31.2 Å². The topological polar surface area (TPSA) is 66.5 Å². The molecule has 0 heterocycles. The van der Waals surface area contributed by atoms with Gasteiger partial charge in [-0.3, -0.25) is 9.10 Å². The number of benzene rings is 3. The molecule has 1 amide bonds. The van der Waals surface area contributed by atoms with Crippen LogP contribution in [0.3, 0.4) is 0 Å². The van der Waals surface area contributed by atoms with Gasteiger partial charge in [0.2, 0.25) is 5.91 Å². The Balaban J connectivity index is 1.83. The van der Waals surface area contributed by atoms with Gasteiger partial charge in [-0.2, -0.15) is 0 Å². The maximum absolute atomic E-state index is 13.3. The monoisotopic (exact) mass is 456 g/mol. The Morgan fingerprint density at radius 3 is 2.16 bits per heavy atom. The number of anilines is 1. The minimum absolute atomic E-state index is 0.0664. The second-order valence-corrected chi connectivity index (χ2v) is 9.48. The molecule has 3 aromatic carbocycles. The fourth-order valence-electron chi connectivity index (χ4n) is 3.19. The number of nitrogens with one attached hydrogen (secondary N) is 1. The van der Waals surface area contributed by atoms with Crippen molar-refractivity contribution in [3.8, 4) is 0 Å². The van der Waals surface area contributed by atoms with E-state index in [4.69, 9.17) is 11.6 Å². The molecule has 1 N–H and O–H groups in total. The Morgan fingerprint density at radius 1 is 0.968 bits per heavy atom. The predicted molar refractivity (Wildman–Crippen MR) is 125 cm³/mol. The Kier molecular flexibility index (Phi) is 7.36. The smallest absolute Gasteiger partial charge is 0.264 e. The van der Waals surface area contributed by atoms with Gasteiger partial charge in [-0.05, 0) is 60.9 Å². The summed E-state index contributed by atoms with van der Waals surface area (Å²) in [6.07, 6.45) is 0.940. The van der Waals surface area contributed by atoms with Crippen molar-refractivity contribution in [3.63, 3.8) is 0 Å². The van der Waals surface area contributed by atoms with E-state index in [2.05, 4.69) is 12.2 Å². The van der Waals surface area contributed by atoms with Crippen LogP contribution in [0.1, 0.15) is 31.0 Å². The molecule has 1 unspecified atom stereocenters. The second-order valence-electron chi connectivity index (χ2n) is 7.19. The van der Waals surface area contributed by atoms with Gasteiger partial charge in [-0.1, -0.05) is 61.0 Å². The summed E-state index contributed by atoms with van der Waals surface area (Å²) in [6.45, 7) is 3.62. The van der Waals surface area contributed by atoms with Crippen molar-refractivity contribution in [2.75, 3.05) is 10.8 Å². The van der Waals surface area contributed by atoms with Gasteiger partial charge in [0.25, 0.3) is 10.0 Å². The number of aryl methyl sites for hydroxylation is 1. The molecule has 0 spiro atoms. The molecule has 0 bridgehead atoms. The van der Waals surface area contributed by atoms with E-state index in [0.717, 1.165) is 16.3 Å². The number of hydrogen-bond donors (Lipinski definition) is 1. The van der Waals surface area contributed by atoms with Crippen molar-refractivity contribution >= 4 is 33.2 Å². The van der Waals surface area contributed by atoms with Crippen LogP contribution >= 0.6 is 11.6 Å². The number of halogens is 1. The third-order valence-electron chi connectivity index (χ3n) is 5.00. The van der Waals surface area contributed by atoms with Crippen LogP contribution in [0.4, 0.5) is 5.69 Å². The fourth-order valence-corrected chi connectivity index (χ4v) is 4.73. The van der Waals surface area contributed by atoms with Gasteiger partial charge < -0.3 is 5.32 Å². The minimum Gasteiger partial charge on any atom is -0.348 e. The number of sulfonamides is 1. The van der Waals surface area contributed by atoms with Gasteiger partial charge in [-0.15, -0.1) is 0 Å². The highest BCUT2D eigenvalue weighted by Crippen LogP contribution is 2.24. The molecule has 1 atom stereocenters. The van der Waals surface area contributed by atoms with Crippen LogP contribution in [0.15, 0.2) is 83.8 Å². The Hall–Kier alpha value is -2.83. The molecule has 3 aromatic rings. The van der Waals surface area contributed by atoms with Gasteiger partial charge in [0, 0.05) is 5.02 Å². The van der Waals surface area contributed by atoms with Crippen molar-refractivity contribution in [2.24, 2.45) is 0 Å². The standard InChI is InChI=1S/C24H25ClN2O3S/c1-3-19-9-11-20(12-10-19)18(2)26-24(28)17-27(22-7-5-4-6-8-22)31(29,30)23-15-13-21(25)14-16-23/h4-16,18H,3,17H2,1-2H3,(H,26,28). The summed E-state index contributed by atoms with van der Waals surface area (Å²) >= 11 is 5.90. The first kappa shape index (κ1) is 22.8. The first-order valence-electron chi connectivity index (χ1n) is 10.0. The normalized spacial score (nSPS) is 12.2. The lowest BCUT2D eigenvalue weighted by atomic mass is 10.1. The third kappa shape index (κ3) is 5.66. The van der Waals surface area contributed by atoms with Crippen molar-refractivity contribution in [2.45, 2.75) is 31.2 Å². The molecule has 0 fully saturated rings. The molecule has 0 aromatic heterocycles. The molecule has 0 radical (unpaired) electrons. The van der Waals surface area contributed by atoms with Crippen LogP contribution in [-0.4, -0.2) is 20.9 Å². The summed E-state index contributed by atoms with van der Waals surface area (Å²) in [7, 11) is -3.96. The van der Waals surface area contributed by atoms with Crippen LogP contribution in [0.2, 0.25) is 5.02 Å². The number of rotatable bonds is 8. The molecule has 31 heavy (non-hydrogen) atoms. The zero-order valence-electron chi connectivity index (χ0n) is 17.5. The third-order valence-corrected chi connectivity index (χ3v) is 7.04. The first-order valence-corrected chi connectivity index (χ1v) is 11.8. The van der Waals surface area contributed by atoms with E-state index >= 15 is 0 Å². The SMILES string of the molecule is CCc1ccc(C(C)NC(=O)CN(c2ccccc2)S(=O)(=O)c2ccc(Cl)cc2)cc1. The zero-order chi connectivity index (χ0) is 22.4. The Morgan fingerprint density at radius 2 is 1.58 bits per heavy atom. The highest BCUT2D eigenvalue weighted by Gasteiger charge is 2.27. The van der Waals surface area contributed by atoms with Crippen molar-refractivity contribution in [1.29, 1.82) is 0 Å². The van der Waals surface area contributed by atoms with E-state index < -0.39 is 15.9 Å². The summed E-state index contributed by atoms with van der Waals surface area (Å²) in [4.78, 5) is 12.9. The van der Waals surface area contributed by atoms with E-state index in [0.29, 0.717) is 10.7 Å².